The Morgan fingerprint density at radius 2 is 1.92 bits per heavy atom. The van der Waals surface area contributed by atoms with Gasteiger partial charge in [-0.1, -0.05) is 43.3 Å². The fourth-order valence-corrected chi connectivity index (χ4v) is 3.51. The van der Waals surface area contributed by atoms with Crippen molar-refractivity contribution in [3.63, 3.8) is 0 Å². The molecular weight excluding hydrogens is 353 g/mol. The highest BCUT2D eigenvalue weighted by Crippen LogP contribution is 2.28. The topological polar surface area (TPSA) is 55.4 Å². The SMILES string of the molecule is C[C@H](CNC(=O)COC(=O)c1cc2c(F)cccc2s1)c1ccccc1. The molecule has 0 aliphatic rings. The molecule has 3 aromatic rings. The number of halogens is 1. The van der Waals surface area contributed by atoms with Crippen LogP contribution in [0.4, 0.5) is 4.39 Å². The first-order chi connectivity index (χ1) is 12.5. The van der Waals surface area contributed by atoms with Crippen molar-refractivity contribution in [3.8, 4) is 0 Å². The zero-order valence-electron chi connectivity index (χ0n) is 14.2. The first kappa shape index (κ1) is 18.1. The number of nitrogens with one attached hydrogen (secondary N) is 1. The molecule has 0 aliphatic carbocycles. The van der Waals surface area contributed by atoms with Crippen LogP contribution in [0, 0.1) is 5.82 Å². The van der Waals surface area contributed by atoms with Crippen molar-refractivity contribution in [2.75, 3.05) is 13.2 Å². The number of benzene rings is 2. The van der Waals surface area contributed by atoms with Gasteiger partial charge in [0.05, 0.1) is 0 Å². The zero-order valence-corrected chi connectivity index (χ0v) is 15.0. The summed E-state index contributed by atoms with van der Waals surface area (Å²) < 4.78 is 19.4. The summed E-state index contributed by atoms with van der Waals surface area (Å²) in [6.07, 6.45) is 0. The quantitative estimate of drug-likeness (QED) is 0.663. The molecule has 4 nitrogen and oxygen atoms in total. The molecule has 134 valence electrons. The van der Waals surface area contributed by atoms with Crippen molar-refractivity contribution in [1.82, 2.24) is 5.32 Å². The minimum atomic E-state index is -0.628. The van der Waals surface area contributed by atoms with E-state index in [0.29, 0.717) is 16.6 Å². The van der Waals surface area contributed by atoms with Crippen LogP contribution in [0.1, 0.15) is 28.1 Å². The van der Waals surface area contributed by atoms with E-state index in [0.717, 1.165) is 16.9 Å². The number of fused-ring (bicyclic) bond motifs is 1. The number of hydrogen-bond acceptors (Lipinski definition) is 4. The molecule has 0 bridgehead atoms. The van der Waals surface area contributed by atoms with Crippen LogP contribution in [-0.2, 0) is 9.53 Å². The minimum Gasteiger partial charge on any atom is -0.451 e. The molecule has 0 radical (unpaired) electrons. The Kier molecular flexibility index (Phi) is 5.63. The molecule has 6 heteroatoms. The van der Waals surface area contributed by atoms with Gasteiger partial charge in [-0.25, -0.2) is 9.18 Å². The summed E-state index contributed by atoms with van der Waals surface area (Å²) in [4.78, 5) is 24.2. The van der Waals surface area contributed by atoms with Crippen LogP contribution >= 0.6 is 11.3 Å². The zero-order chi connectivity index (χ0) is 18.5. The van der Waals surface area contributed by atoms with Crippen LogP contribution in [0.3, 0.4) is 0 Å². The van der Waals surface area contributed by atoms with Crippen molar-refractivity contribution in [2.24, 2.45) is 0 Å². The second-order valence-electron chi connectivity index (χ2n) is 5.95. The number of amides is 1. The van der Waals surface area contributed by atoms with Gasteiger partial charge in [0.25, 0.3) is 5.91 Å². The molecule has 0 unspecified atom stereocenters. The van der Waals surface area contributed by atoms with Gasteiger partial charge in [-0.2, -0.15) is 0 Å². The summed E-state index contributed by atoms with van der Waals surface area (Å²) in [5.74, 6) is -1.22. The van der Waals surface area contributed by atoms with E-state index in [1.807, 2.05) is 37.3 Å². The summed E-state index contributed by atoms with van der Waals surface area (Å²) in [7, 11) is 0. The van der Waals surface area contributed by atoms with Gasteiger partial charge in [0.2, 0.25) is 0 Å². The van der Waals surface area contributed by atoms with Gasteiger partial charge in [0, 0.05) is 16.6 Å². The third-order valence-corrected chi connectivity index (χ3v) is 5.10. The number of carbonyl (C=O) groups excluding carboxylic acids is 2. The molecule has 0 spiro atoms. The van der Waals surface area contributed by atoms with Crippen molar-refractivity contribution in [2.45, 2.75) is 12.8 Å². The van der Waals surface area contributed by atoms with E-state index in [-0.39, 0.29) is 29.1 Å². The van der Waals surface area contributed by atoms with Gasteiger partial charge in [-0.05, 0) is 29.7 Å². The number of carbonyl (C=O) groups is 2. The summed E-state index contributed by atoms with van der Waals surface area (Å²) in [5, 5.41) is 3.13. The molecule has 1 amide bonds. The second kappa shape index (κ2) is 8.10. The van der Waals surface area contributed by atoms with Crippen LogP contribution in [0.2, 0.25) is 0 Å². The Morgan fingerprint density at radius 3 is 2.65 bits per heavy atom. The van der Waals surface area contributed by atoms with Crippen molar-refractivity contribution in [1.29, 1.82) is 0 Å². The molecule has 1 heterocycles. The molecule has 1 aromatic heterocycles. The van der Waals surface area contributed by atoms with Gasteiger partial charge >= 0.3 is 5.97 Å². The van der Waals surface area contributed by atoms with E-state index in [4.69, 9.17) is 4.74 Å². The lowest BCUT2D eigenvalue weighted by molar-refractivity contribution is -0.124. The fraction of sp³-hybridized carbons (Fsp3) is 0.200. The molecule has 2 aromatic carbocycles. The van der Waals surface area contributed by atoms with Crippen LogP contribution < -0.4 is 5.32 Å². The van der Waals surface area contributed by atoms with Crippen LogP contribution in [0.15, 0.2) is 54.6 Å². The van der Waals surface area contributed by atoms with Crippen molar-refractivity contribution >= 4 is 33.3 Å². The predicted molar refractivity (Wildman–Crippen MR) is 99.9 cm³/mol. The average Bonchev–Trinajstić information content (AvgIpc) is 3.10. The molecule has 0 fully saturated rings. The Bertz CT molecular complexity index is 923. The molecule has 1 N–H and O–H groups in total. The lowest BCUT2D eigenvalue weighted by Crippen LogP contribution is -2.31. The van der Waals surface area contributed by atoms with E-state index >= 15 is 0 Å². The smallest absolute Gasteiger partial charge is 0.348 e. The second-order valence-corrected chi connectivity index (χ2v) is 7.04. The highest BCUT2D eigenvalue weighted by Gasteiger charge is 2.15. The molecule has 0 aliphatic heterocycles. The Hall–Kier alpha value is -2.73. The maximum atomic E-state index is 13.7. The largest absolute Gasteiger partial charge is 0.451 e. The van der Waals surface area contributed by atoms with Crippen LogP contribution in [-0.4, -0.2) is 25.0 Å². The van der Waals surface area contributed by atoms with E-state index in [1.165, 1.54) is 12.1 Å². The van der Waals surface area contributed by atoms with E-state index < -0.39 is 5.97 Å². The molecule has 0 saturated heterocycles. The van der Waals surface area contributed by atoms with Gasteiger partial charge in [0.1, 0.15) is 10.7 Å². The molecule has 1 atom stereocenters. The normalized spacial score (nSPS) is 11.9. The molecule has 0 saturated carbocycles. The van der Waals surface area contributed by atoms with Crippen LogP contribution in [0.5, 0.6) is 0 Å². The fourth-order valence-electron chi connectivity index (χ4n) is 2.55. The lowest BCUT2D eigenvalue weighted by atomic mass is 10.0. The lowest BCUT2D eigenvalue weighted by Gasteiger charge is -2.13. The highest BCUT2D eigenvalue weighted by atomic mass is 32.1. The maximum Gasteiger partial charge on any atom is 0.348 e. The average molecular weight is 371 g/mol. The highest BCUT2D eigenvalue weighted by molar-refractivity contribution is 7.20. The van der Waals surface area contributed by atoms with Crippen molar-refractivity contribution in [3.05, 3.63) is 70.9 Å². The van der Waals surface area contributed by atoms with E-state index in [9.17, 15) is 14.0 Å². The van der Waals surface area contributed by atoms with Crippen LogP contribution in [0.25, 0.3) is 10.1 Å². The number of rotatable bonds is 6. The predicted octanol–water partition coefficient (Wildman–Crippen LogP) is 4.12. The van der Waals surface area contributed by atoms with E-state index in [2.05, 4.69) is 5.32 Å². The van der Waals surface area contributed by atoms with Gasteiger partial charge in [-0.15, -0.1) is 11.3 Å². The number of thiophene rings is 1. The monoisotopic (exact) mass is 371 g/mol. The summed E-state index contributed by atoms with van der Waals surface area (Å²) >= 11 is 1.14. The third kappa shape index (κ3) is 4.26. The summed E-state index contributed by atoms with van der Waals surface area (Å²) in [5.41, 5.74) is 1.12. The van der Waals surface area contributed by atoms with E-state index in [1.54, 1.807) is 12.1 Å². The Balaban J connectivity index is 1.50. The first-order valence-corrected chi connectivity index (χ1v) is 9.03. The summed E-state index contributed by atoms with van der Waals surface area (Å²) in [6, 6.07) is 15.9. The van der Waals surface area contributed by atoms with Gasteiger partial charge in [-0.3, -0.25) is 4.79 Å². The Labute approximate surface area is 154 Å². The van der Waals surface area contributed by atoms with Gasteiger partial charge < -0.3 is 10.1 Å². The molecule has 3 rings (SSSR count). The summed E-state index contributed by atoms with van der Waals surface area (Å²) in [6.45, 7) is 2.10. The number of ether oxygens (including phenoxy) is 1. The molecular formula is C20H18FNO3S. The standard InChI is InChI=1S/C20H18FNO3S/c1-13(14-6-3-2-4-7-14)11-22-19(23)12-25-20(24)18-10-15-16(21)8-5-9-17(15)26-18/h2-10,13H,11-12H2,1H3,(H,22,23)/t13-/m1/s1. The minimum absolute atomic E-state index is 0.154. The number of hydrogen-bond donors (Lipinski definition) is 1. The van der Waals surface area contributed by atoms with Crippen molar-refractivity contribution < 1.29 is 18.7 Å². The van der Waals surface area contributed by atoms with Gasteiger partial charge in [0.15, 0.2) is 6.61 Å². The Morgan fingerprint density at radius 1 is 1.15 bits per heavy atom. The number of esters is 1. The molecule has 26 heavy (non-hydrogen) atoms. The third-order valence-electron chi connectivity index (χ3n) is 4.02. The first-order valence-electron chi connectivity index (χ1n) is 8.21. The maximum absolute atomic E-state index is 13.7.